The second kappa shape index (κ2) is 6.60. The van der Waals surface area contributed by atoms with E-state index in [0.717, 1.165) is 29.8 Å². The van der Waals surface area contributed by atoms with Crippen LogP contribution in [0.15, 0.2) is 16.8 Å². The topological polar surface area (TPSA) is 89.2 Å². The molecule has 1 fully saturated rings. The first-order chi connectivity index (χ1) is 11.4. The van der Waals surface area contributed by atoms with Crippen LogP contribution in [0.2, 0.25) is 0 Å². The molecule has 0 unspecified atom stereocenters. The number of hydrogen-bond acceptors (Lipinski definition) is 6. The Morgan fingerprint density at radius 2 is 2.17 bits per heavy atom. The van der Waals surface area contributed by atoms with E-state index < -0.39 is 10.0 Å². The minimum Gasteiger partial charge on any atom is -0.356 e. The van der Waals surface area contributed by atoms with Crippen molar-refractivity contribution in [3.8, 4) is 11.3 Å². The quantitative estimate of drug-likeness (QED) is 0.840. The Kier molecular flexibility index (Phi) is 4.69. The third kappa shape index (κ3) is 3.34. The maximum Gasteiger partial charge on any atom is 0.213 e. The van der Waals surface area contributed by atoms with Gasteiger partial charge in [-0.1, -0.05) is 5.16 Å². The zero-order valence-corrected chi connectivity index (χ0v) is 15.0. The van der Waals surface area contributed by atoms with E-state index in [1.165, 1.54) is 0 Å². The molecular weight excluding hydrogens is 328 g/mol. The van der Waals surface area contributed by atoms with Crippen molar-refractivity contribution in [2.45, 2.75) is 39.5 Å². The zero-order chi connectivity index (χ0) is 17.3. The summed E-state index contributed by atoms with van der Waals surface area (Å²) >= 11 is 0. The lowest BCUT2D eigenvalue weighted by Gasteiger charge is -2.32. The molecule has 2 aromatic rings. The average molecular weight is 350 g/mol. The van der Waals surface area contributed by atoms with Crippen molar-refractivity contribution in [2.75, 3.05) is 18.8 Å². The maximum absolute atomic E-state index is 12.2. The molecular formula is C16H22N4O3S. The first-order valence-corrected chi connectivity index (χ1v) is 9.76. The summed E-state index contributed by atoms with van der Waals surface area (Å²) in [6.45, 7) is 6.40. The van der Waals surface area contributed by atoms with E-state index in [9.17, 15) is 8.42 Å². The third-order valence-electron chi connectivity index (χ3n) is 4.36. The van der Waals surface area contributed by atoms with Crippen molar-refractivity contribution in [3.05, 3.63) is 29.5 Å². The first-order valence-electron chi connectivity index (χ1n) is 8.15. The van der Waals surface area contributed by atoms with Crippen molar-refractivity contribution < 1.29 is 12.9 Å². The molecule has 0 N–H and O–H groups in total. The van der Waals surface area contributed by atoms with Crippen LogP contribution < -0.4 is 0 Å². The molecule has 0 amide bonds. The fourth-order valence-corrected chi connectivity index (χ4v) is 4.26. The number of aromatic nitrogens is 3. The van der Waals surface area contributed by atoms with Gasteiger partial charge in [-0.05, 0) is 33.6 Å². The summed E-state index contributed by atoms with van der Waals surface area (Å²) in [5.41, 5.74) is 2.42. The number of aryl methyl sites for hydroxylation is 2. The van der Waals surface area contributed by atoms with Gasteiger partial charge in [0.2, 0.25) is 10.0 Å². The number of hydrogen-bond donors (Lipinski definition) is 0. The monoisotopic (exact) mass is 350 g/mol. The Morgan fingerprint density at radius 1 is 1.38 bits per heavy atom. The highest BCUT2D eigenvalue weighted by Crippen LogP contribution is 2.34. The molecule has 8 heteroatoms. The van der Waals surface area contributed by atoms with Crippen LogP contribution in [0, 0.1) is 13.8 Å². The van der Waals surface area contributed by atoms with Gasteiger partial charge in [-0.25, -0.2) is 22.7 Å². The van der Waals surface area contributed by atoms with Crippen molar-refractivity contribution >= 4 is 10.0 Å². The number of sulfonamides is 1. The Morgan fingerprint density at radius 3 is 2.83 bits per heavy atom. The van der Waals surface area contributed by atoms with Crippen LogP contribution in [0.5, 0.6) is 0 Å². The summed E-state index contributed by atoms with van der Waals surface area (Å²) in [6, 6.07) is 1.85. The van der Waals surface area contributed by atoms with Crippen molar-refractivity contribution in [3.63, 3.8) is 0 Å². The molecule has 1 aliphatic heterocycles. The minimum absolute atomic E-state index is 0.0298. The fraction of sp³-hybridized carbons (Fsp3) is 0.562. The second-order valence-corrected chi connectivity index (χ2v) is 8.40. The van der Waals surface area contributed by atoms with Crippen LogP contribution in [-0.4, -0.2) is 46.7 Å². The van der Waals surface area contributed by atoms with Gasteiger partial charge in [0.05, 0.1) is 22.7 Å². The zero-order valence-electron chi connectivity index (χ0n) is 14.2. The first kappa shape index (κ1) is 17.0. The van der Waals surface area contributed by atoms with Crippen LogP contribution in [0.4, 0.5) is 0 Å². The molecule has 130 valence electrons. The van der Waals surface area contributed by atoms with Crippen molar-refractivity contribution in [2.24, 2.45) is 0 Å². The predicted molar refractivity (Wildman–Crippen MR) is 90.0 cm³/mol. The Bertz CT molecular complexity index is 832. The summed E-state index contributed by atoms with van der Waals surface area (Å²) in [7, 11) is -3.19. The third-order valence-corrected chi connectivity index (χ3v) is 6.21. The van der Waals surface area contributed by atoms with Crippen LogP contribution in [-0.2, 0) is 10.0 Å². The highest BCUT2D eigenvalue weighted by Gasteiger charge is 2.31. The van der Waals surface area contributed by atoms with Crippen LogP contribution in [0.25, 0.3) is 11.3 Å². The Balaban J connectivity index is 1.98. The number of nitrogens with zero attached hydrogens (tertiary/aromatic N) is 4. The van der Waals surface area contributed by atoms with E-state index in [2.05, 4.69) is 15.1 Å². The van der Waals surface area contributed by atoms with Gasteiger partial charge in [0, 0.05) is 31.3 Å². The molecule has 0 radical (unpaired) electrons. The number of piperidine rings is 1. The standard InChI is InChI=1S/C16H22N4O3S/c1-4-24(21,22)20-7-5-6-13(10-20)16-14(9-17-12(3)18-16)15-8-11(2)19-23-15/h8-9,13H,4-7,10H2,1-3H3/t13-/m0/s1. The lowest BCUT2D eigenvalue weighted by molar-refractivity contribution is 0.312. The predicted octanol–water partition coefficient (Wildman–Crippen LogP) is 2.28. The molecule has 1 aliphatic rings. The normalized spacial score (nSPS) is 19.5. The van der Waals surface area contributed by atoms with Gasteiger partial charge in [0.1, 0.15) is 5.82 Å². The molecule has 0 saturated carbocycles. The van der Waals surface area contributed by atoms with E-state index >= 15 is 0 Å². The Labute approximate surface area is 142 Å². The largest absolute Gasteiger partial charge is 0.356 e. The summed E-state index contributed by atoms with van der Waals surface area (Å²) in [6.07, 6.45) is 3.46. The molecule has 0 aliphatic carbocycles. The molecule has 1 atom stereocenters. The molecule has 3 rings (SSSR count). The average Bonchev–Trinajstić information content (AvgIpc) is 3.01. The highest BCUT2D eigenvalue weighted by molar-refractivity contribution is 7.89. The SMILES string of the molecule is CCS(=O)(=O)N1CCC[C@H](c2nc(C)ncc2-c2cc(C)no2)C1. The van der Waals surface area contributed by atoms with E-state index in [4.69, 9.17) is 4.52 Å². The molecule has 7 nitrogen and oxygen atoms in total. The van der Waals surface area contributed by atoms with E-state index in [1.54, 1.807) is 17.4 Å². The summed E-state index contributed by atoms with van der Waals surface area (Å²) in [5.74, 6) is 1.44. The summed E-state index contributed by atoms with van der Waals surface area (Å²) in [5, 5.41) is 3.93. The van der Waals surface area contributed by atoms with Gasteiger partial charge in [-0.3, -0.25) is 0 Å². The maximum atomic E-state index is 12.2. The summed E-state index contributed by atoms with van der Waals surface area (Å²) in [4.78, 5) is 8.88. The fourth-order valence-electron chi connectivity index (χ4n) is 3.08. The van der Waals surface area contributed by atoms with Crippen LogP contribution >= 0.6 is 0 Å². The van der Waals surface area contributed by atoms with Crippen LogP contribution in [0.1, 0.15) is 42.9 Å². The molecule has 24 heavy (non-hydrogen) atoms. The van der Waals surface area contributed by atoms with Crippen molar-refractivity contribution in [1.29, 1.82) is 0 Å². The van der Waals surface area contributed by atoms with E-state index in [0.29, 0.717) is 24.7 Å². The lowest BCUT2D eigenvalue weighted by atomic mass is 9.92. The number of rotatable bonds is 4. The van der Waals surface area contributed by atoms with Crippen molar-refractivity contribution in [1.82, 2.24) is 19.4 Å². The van der Waals surface area contributed by atoms with Gasteiger partial charge in [0.15, 0.2) is 5.76 Å². The van der Waals surface area contributed by atoms with Gasteiger partial charge >= 0.3 is 0 Å². The summed E-state index contributed by atoms with van der Waals surface area (Å²) < 4.78 is 31.4. The van der Waals surface area contributed by atoms with Gasteiger partial charge in [-0.2, -0.15) is 0 Å². The molecule has 3 heterocycles. The van der Waals surface area contributed by atoms with E-state index in [-0.39, 0.29) is 11.7 Å². The minimum atomic E-state index is -3.19. The molecule has 0 bridgehead atoms. The Hall–Kier alpha value is -1.80. The molecule has 0 spiro atoms. The lowest BCUT2D eigenvalue weighted by Crippen LogP contribution is -2.40. The van der Waals surface area contributed by atoms with Gasteiger partial charge < -0.3 is 4.52 Å². The van der Waals surface area contributed by atoms with Gasteiger partial charge in [0.25, 0.3) is 0 Å². The smallest absolute Gasteiger partial charge is 0.213 e. The van der Waals surface area contributed by atoms with Crippen LogP contribution in [0.3, 0.4) is 0 Å². The molecule has 1 saturated heterocycles. The highest BCUT2D eigenvalue weighted by atomic mass is 32.2. The second-order valence-electron chi connectivity index (χ2n) is 6.15. The molecule has 2 aromatic heterocycles. The van der Waals surface area contributed by atoms with E-state index in [1.807, 2.05) is 19.9 Å². The van der Waals surface area contributed by atoms with Gasteiger partial charge in [-0.15, -0.1) is 0 Å². The molecule has 0 aromatic carbocycles.